The van der Waals surface area contributed by atoms with Crippen molar-refractivity contribution < 1.29 is 22.7 Å². The summed E-state index contributed by atoms with van der Waals surface area (Å²) in [5.74, 6) is 0.272. The first kappa shape index (κ1) is 25.0. The number of amides is 1. The Morgan fingerprint density at radius 1 is 1.19 bits per heavy atom. The zero-order valence-electron chi connectivity index (χ0n) is 20.3. The van der Waals surface area contributed by atoms with Crippen molar-refractivity contribution in [1.29, 1.82) is 0 Å². The second-order valence-electron chi connectivity index (χ2n) is 9.70. The average molecular weight is 529 g/mol. The van der Waals surface area contributed by atoms with Crippen LogP contribution in [-0.4, -0.2) is 21.5 Å². The number of hydrogen-bond donors (Lipinski definition) is 3. The number of benzene rings is 3. The maximum Gasteiger partial charge on any atom is 0.416 e. The minimum atomic E-state index is -4.52. The highest BCUT2D eigenvalue weighted by atomic mass is 35.5. The van der Waals surface area contributed by atoms with Gasteiger partial charge in [-0.3, -0.25) is 4.79 Å². The monoisotopic (exact) mass is 528 g/mol. The molecule has 3 N–H and O–H groups in total. The van der Waals surface area contributed by atoms with Crippen molar-refractivity contribution in [1.82, 2.24) is 15.3 Å². The van der Waals surface area contributed by atoms with Gasteiger partial charge in [0.05, 0.1) is 32.9 Å². The average Bonchev–Trinajstić information content (AvgIpc) is 3.37. The van der Waals surface area contributed by atoms with E-state index in [1.54, 1.807) is 6.07 Å². The smallest absolute Gasteiger partial charge is 0.416 e. The van der Waals surface area contributed by atoms with E-state index in [4.69, 9.17) is 16.3 Å². The molecule has 0 aliphatic carbocycles. The number of alkyl halides is 3. The number of aromatic amines is 1. The Labute approximate surface area is 216 Å². The van der Waals surface area contributed by atoms with E-state index in [0.29, 0.717) is 39.9 Å². The van der Waals surface area contributed by atoms with Crippen LogP contribution in [0.5, 0.6) is 5.75 Å². The number of halogens is 4. The predicted molar refractivity (Wildman–Crippen MR) is 137 cm³/mol. The van der Waals surface area contributed by atoms with Crippen LogP contribution in [0.4, 0.5) is 24.8 Å². The third kappa shape index (κ3) is 4.96. The van der Waals surface area contributed by atoms with Crippen LogP contribution in [0.1, 0.15) is 46.5 Å². The molecule has 37 heavy (non-hydrogen) atoms. The van der Waals surface area contributed by atoms with Crippen molar-refractivity contribution in [2.45, 2.75) is 45.5 Å². The third-order valence-corrected chi connectivity index (χ3v) is 6.50. The van der Waals surface area contributed by atoms with Gasteiger partial charge in [0, 0.05) is 18.5 Å². The van der Waals surface area contributed by atoms with Gasteiger partial charge in [0.15, 0.2) is 0 Å². The molecule has 4 aromatic rings. The molecule has 0 unspecified atom stereocenters. The van der Waals surface area contributed by atoms with Crippen molar-refractivity contribution in [2.75, 3.05) is 5.32 Å². The van der Waals surface area contributed by atoms with Crippen molar-refractivity contribution in [3.05, 3.63) is 81.4 Å². The Morgan fingerprint density at radius 2 is 1.95 bits per heavy atom. The molecule has 192 valence electrons. The van der Waals surface area contributed by atoms with Crippen LogP contribution in [0, 0.1) is 6.92 Å². The molecule has 0 atom stereocenters. The van der Waals surface area contributed by atoms with E-state index in [-0.39, 0.29) is 17.7 Å². The normalized spacial score (nSPS) is 14.4. The molecule has 0 fully saturated rings. The van der Waals surface area contributed by atoms with Gasteiger partial charge in [-0.1, -0.05) is 35.9 Å². The first-order valence-corrected chi connectivity index (χ1v) is 12.0. The summed E-state index contributed by atoms with van der Waals surface area (Å²) in [4.78, 5) is 21.1. The summed E-state index contributed by atoms with van der Waals surface area (Å²) in [6.07, 6.45) is -4.01. The van der Waals surface area contributed by atoms with Gasteiger partial charge in [0.1, 0.15) is 11.4 Å². The molecule has 5 rings (SSSR count). The number of aromatic nitrogens is 2. The maximum atomic E-state index is 13.4. The highest BCUT2D eigenvalue weighted by molar-refractivity contribution is 6.33. The lowest BCUT2D eigenvalue weighted by Gasteiger charge is -2.18. The third-order valence-electron chi connectivity index (χ3n) is 6.19. The zero-order valence-corrected chi connectivity index (χ0v) is 21.1. The molecular weight excluding hydrogens is 505 g/mol. The number of fused-ring (bicyclic) bond motifs is 3. The number of aryl methyl sites for hydroxylation is 1. The number of carbonyl (C=O) groups is 1. The topological polar surface area (TPSA) is 79.0 Å². The number of hydrogen-bond acceptors (Lipinski definition) is 4. The molecule has 0 saturated heterocycles. The van der Waals surface area contributed by atoms with E-state index in [1.165, 1.54) is 18.2 Å². The highest BCUT2D eigenvalue weighted by Gasteiger charge is 2.37. The molecule has 1 aliphatic rings. The van der Waals surface area contributed by atoms with E-state index in [9.17, 15) is 18.0 Å². The van der Waals surface area contributed by atoms with Crippen molar-refractivity contribution in [2.24, 2.45) is 0 Å². The van der Waals surface area contributed by atoms with Gasteiger partial charge < -0.3 is 20.4 Å². The standard InChI is InChI=1S/C27H24ClF3N4O2/c1-14-8-9-20(19(28)10-14)33-25-34-21-11-16(23-17(22(21)35-25)12-26(2,3)37-23)24(36)32-13-15-6-4-5-7-18(15)27(29,30)31/h4-11H,12-13H2,1-3H3,(H,32,36)(H2,33,34,35). The molecule has 1 aromatic heterocycles. The van der Waals surface area contributed by atoms with E-state index in [0.717, 1.165) is 17.2 Å². The fraction of sp³-hybridized carbons (Fsp3) is 0.259. The summed E-state index contributed by atoms with van der Waals surface area (Å²) in [5, 5.41) is 6.33. The zero-order chi connectivity index (χ0) is 26.5. The Balaban J connectivity index is 1.48. The van der Waals surface area contributed by atoms with Crippen LogP contribution in [-0.2, 0) is 19.1 Å². The predicted octanol–water partition coefficient (Wildman–Crippen LogP) is 6.93. The van der Waals surface area contributed by atoms with Crippen LogP contribution in [0.15, 0.2) is 48.5 Å². The van der Waals surface area contributed by atoms with Crippen LogP contribution < -0.4 is 15.4 Å². The van der Waals surface area contributed by atoms with E-state index < -0.39 is 23.2 Å². The Morgan fingerprint density at radius 3 is 2.68 bits per heavy atom. The number of anilines is 2. The Kier molecular flexibility index (Phi) is 6.06. The van der Waals surface area contributed by atoms with Crippen LogP contribution in [0.3, 0.4) is 0 Å². The second kappa shape index (κ2) is 8.99. The molecule has 3 aromatic carbocycles. The Hall–Kier alpha value is -3.72. The highest BCUT2D eigenvalue weighted by Crippen LogP contribution is 2.42. The van der Waals surface area contributed by atoms with E-state index in [1.807, 2.05) is 39.0 Å². The molecule has 0 radical (unpaired) electrons. The van der Waals surface area contributed by atoms with E-state index >= 15 is 0 Å². The van der Waals surface area contributed by atoms with Gasteiger partial charge in [0.25, 0.3) is 5.91 Å². The molecule has 10 heteroatoms. The van der Waals surface area contributed by atoms with Gasteiger partial charge in [-0.05, 0) is 56.2 Å². The summed E-state index contributed by atoms with van der Waals surface area (Å²) in [7, 11) is 0. The number of nitrogens with one attached hydrogen (secondary N) is 3. The minimum Gasteiger partial charge on any atom is -0.486 e. The lowest BCUT2D eigenvalue weighted by Crippen LogP contribution is -2.27. The fourth-order valence-electron chi connectivity index (χ4n) is 4.52. The summed E-state index contributed by atoms with van der Waals surface area (Å²) in [6, 6.07) is 12.4. The molecule has 1 aliphatic heterocycles. The van der Waals surface area contributed by atoms with E-state index in [2.05, 4.69) is 20.6 Å². The summed E-state index contributed by atoms with van der Waals surface area (Å²) >= 11 is 6.35. The largest absolute Gasteiger partial charge is 0.486 e. The van der Waals surface area contributed by atoms with Crippen LogP contribution >= 0.6 is 11.6 Å². The first-order valence-electron chi connectivity index (χ1n) is 11.6. The SMILES string of the molecule is Cc1ccc(Nc2nc3c4c(c(C(=O)NCc5ccccc5C(F)(F)F)cc3[nH]2)OC(C)(C)C4)c(Cl)c1. The first-order chi connectivity index (χ1) is 17.4. The molecule has 0 spiro atoms. The quantitative estimate of drug-likeness (QED) is 0.262. The number of carbonyl (C=O) groups excluding carboxylic acids is 1. The molecule has 0 saturated carbocycles. The fourth-order valence-corrected chi connectivity index (χ4v) is 4.80. The summed E-state index contributed by atoms with van der Waals surface area (Å²) in [6.45, 7) is 5.46. The van der Waals surface area contributed by atoms with Gasteiger partial charge >= 0.3 is 6.18 Å². The molecule has 1 amide bonds. The van der Waals surface area contributed by atoms with Crippen LogP contribution in [0.25, 0.3) is 11.0 Å². The summed E-state index contributed by atoms with van der Waals surface area (Å²) in [5.41, 5.74) is 2.51. The van der Waals surface area contributed by atoms with Crippen molar-refractivity contribution in [3.63, 3.8) is 0 Å². The number of H-pyrrole nitrogens is 1. The van der Waals surface area contributed by atoms with Gasteiger partial charge in [0.2, 0.25) is 5.95 Å². The Bertz CT molecular complexity index is 1530. The summed E-state index contributed by atoms with van der Waals surface area (Å²) < 4.78 is 46.3. The number of imidazole rings is 1. The second-order valence-corrected chi connectivity index (χ2v) is 10.1. The molecular formula is C27H24ClF3N4O2. The number of nitrogens with zero attached hydrogens (tertiary/aromatic N) is 1. The van der Waals surface area contributed by atoms with Gasteiger partial charge in [-0.2, -0.15) is 13.2 Å². The lowest BCUT2D eigenvalue weighted by atomic mass is 9.98. The maximum absolute atomic E-state index is 13.4. The van der Waals surface area contributed by atoms with Crippen molar-refractivity contribution in [3.8, 4) is 5.75 Å². The number of ether oxygens (including phenoxy) is 1. The molecule has 6 nitrogen and oxygen atoms in total. The number of rotatable bonds is 5. The van der Waals surface area contributed by atoms with Crippen LogP contribution in [0.2, 0.25) is 5.02 Å². The van der Waals surface area contributed by atoms with Gasteiger partial charge in [-0.15, -0.1) is 0 Å². The van der Waals surface area contributed by atoms with Gasteiger partial charge in [-0.25, -0.2) is 4.98 Å². The molecule has 2 heterocycles. The molecule has 0 bridgehead atoms. The van der Waals surface area contributed by atoms with Crippen molar-refractivity contribution >= 4 is 40.2 Å². The lowest BCUT2D eigenvalue weighted by molar-refractivity contribution is -0.138. The minimum absolute atomic E-state index is 0.0228.